The molecule has 0 spiro atoms. The second-order valence-electron chi connectivity index (χ2n) is 0.686. The predicted octanol–water partition coefficient (Wildman–Crippen LogP) is 0.253. The predicted molar refractivity (Wildman–Crippen MR) is 19.5 cm³/mol. The van der Waals surface area contributed by atoms with Gasteiger partial charge in [0.05, 0.1) is 0 Å². The van der Waals surface area contributed by atoms with E-state index in [2.05, 4.69) is 4.72 Å². The van der Waals surface area contributed by atoms with Crippen LogP contribution in [0.5, 0.6) is 0 Å². The first-order valence-electron chi connectivity index (χ1n) is 1.29. The van der Waals surface area contributed by atoms with Gasteiger partial charge in [-0.15, -0.1) is 0 Å². The Morgan fingerprint density at radius 1 is 1.75 bits per heavy atom. The van der Waals surface area contributed by atoms with Gasteiger partial charge in [0.1, 0.15) is 0 Å². The second-order valence-corrected chi connectivity index (χ2v) is 1.61. The summed E-state index contributed by atoms with van der Waals surface area (Å²) >= 11 is 1.66. The Morgan fingerprint density at radius 3 is 2.00 bits per heavy atom. The van der Waals surface area contributed by atoms with Crippen LogP contribution >= 0.6 is 11.9 Å². The molecular weight excluding hydrogens is 70.1 g/mol. The molecule has 1 aliphatic heterocycles. The first-order chi connectivity index (χ1) is 2.00. The summed E-state index contributed by atoms with van der Waals surface area (Å²) < 4.78 is 3.83. The number of nitrogens with zero attached hydrogens (tertiary/aromatic N) is 1. The lowest BCUT2D eigenvalue weighted by molar-refractivity contribution is 0.962. The van der Waals surface area contributed by atoms with Crippen molar-refractivity contribution in [3.05, 3.63) is 0 Å². The summed E-state index contributed by atoms with van der Waals surface area (Å²) in [6.45, 7) is 1.09. The lowest BCUT2D eigenvalue weighted by atomic mass is 10.8. The van der Waals surface area contributed by atoms with Crippen LogP contribution < -0.4 is 4.72 Å². The van der Waals surface area contributed by atoms with Crippen molar-refractivity contribution < 1.29 is 0 Å². The highest BCUT2D eigenvalue weighted by atomic mass is 32.2. The molecule has 1 saturated heterocycles. The molecule has 2 heteroatoms. The summed E-state index contributed by atoms with van der Waals surface area (Å²) in [7, 11) is 0. The van der Waals surface area contributed by atoms with Crippen molar-refractivity contribution in [1.82, 2.24) is 4.72 Å². The molecule has 1 rings (SSSR count). The van der Waals surface area contributed by atoms with E-state index in [-0.39, 0.29) is 0 Å². The van der Waals surface area contributed by atoms with Crippen molar-refractivity contribution in [3.8, 4) is 0 Å². The van der Waals surface area contributed by atoms with Gasteiger partial charge in [0.2, 0.25) is 0 Å². The molecule has 0 atom stereocenters. The highest BCUT2D eigenvalue weighted by Gasteiger charge is 1.96. The average molecular weight is 74.1 g/mol. The van der Waals surface area contributed by atoms with Gasteiger partial charge in [0.15, 0.2) is 0 Å². The smallest absolute Gasteiger partial charge is 0.0360 e. The van der Waals surface area contributed by atoms with E-state index < -0.39 is 0 Å². The first kappa shape index (κ1) is 2.54. The Balaban J connectivity index is 2.00. The molecule has 1 aliphatic rings. The summed E-state index contributed by atoms with van der Waals surface area (Å²) in [4.78, 5) is 0. The van der Waals surface area contributed by atoms with Crippen molar-refractivity contribution >= 4 is 11.9 Å². The molecule has 23 valence electrons. The number of hydrogen-bond acceptors (Lipinski definition) is 1. The highest BCUT2D eigenvalue weighted by molar-refractivity contribution is 7.98. The van der Waals surface area contributed by atoms with Crippen molar-refractivity contribution in [2.45, 2.75) is 0 Å². The lowest BCUT2D eigenvalue weighted by Gasteiger charge is -2.05. The molecular formula is C2H4NS. The van der Waals surface area contributed by atoms with E-state index in [1.165, 1.54) is 5.75 Å². The highest BCUT2D eigenvalue weighted by Crippen LogP contribution is 2.02. The average Bonchev–Trinajstić information content (AvgIpc) is 0.722. The van der Waals surface area contributed by atoms with E-state index in [0.717, 1.165) is 6.54 Å². The largest absolute Gasteiger partial charge is 0.174 e. The Kier molecular flexibility index (Phi) is 0.604. The minimum absolute atomic E-state index is 1.09. The Labute approximate surface area is 29.9 Å². The van der Waals surface area contributed by atoms with E-state index in [9.17, 15) is 0 Å². The standard InChI is InChI=1S/C2H4NS/c1-2-4-3-1/h1-2H2. The van der Waals surface area contributed by atoms with Crippen LogP contribution in [-0.4, -0.2) is 12.3 Å². The lowest BCUT2D eigenvalue weighted by Crippen LogP contribution is -2.12. The minimum Gasteiger partial charge on any atom is -0.174 e. The Bertz CT molecular complexity index is 14.0. The molecule has 0 amide bonds. The fourth-order valence-electron chi connectivity index (χ4n) is 0.0913. The fraction of sp³-hybridized carbons (Fsp3) is 1.00. The van der Waals surface area contributed by atoms with Gasteiger partial charge in [0.25, 0.3) is 0 Å². The van der Waals surface area contributed by atoms with Crippen LogP contribution in [0.25, 0.3) is 0 Å². The van der Waals surface area contributed by atoms with Gasteiger partial charge < -0.3 is 0 Å². The summed E-state index contributed by atoms with van der Waals surface area (Å²) in [5.74, 6) is 1.25. The maximum Gasteiger partial charge on any atom is 0.0360 e. The Hall–Kier alpha value is 0.310. The molecule has 0 aliphatic carbocycles. The summed E-state index contributed by atoms with van der Waals surface area (Å²) in [5.41, 5.74) is 0. The summed E-state index contributed by atoms with van der Waals surface area (Å²) in [6, 6.07) is 0. The van der Waals surface area contributed by atoms with E-state index in [4.69, 9.17) is 0 Å². The van der Waals surface area contributed by atoms with Gasteiger partial charge in [-0.1, -0.05) is 11.9 Å². The van der Waals surface area contributed by atoms with Gasteiger partial charge in [0, 0.05) is 12.3 Å². The minimum atomic E-state index is 1.09. The third-order valence-corrected chi connectivity index (χ3v) is 1.10. The van der Waals surface area contributed by atoms with Crippen LogP contribution in [0.2, 0.25) is 0 Å². The van der Waals surface area contributed by atoms with Gasteiger partial charge in [-0.3, -0.25) is 0 Å². The van der Waals surface area contributed by atoms with Gasteiger partial charge in [-0.25, -0.2) is 0 Å². The van der Waals surface area contributed by atoms with E-state index >= 15 is 0 Å². The van der Waals surface area contributed by atoms with Crippen LogP contribution in [0.15, 0.2) is 0 Å². The molecule has 0 saturated carbocycles. The molecule has 4 heavy (non-hydrogen) atoms. The van der Waals surface area contributed by atoms with E-state index in [1.54, 1.807) is 11.9 Å². The molecule has 1 nitrogen and oxygen atoms in total. The molecule has 1 radical (unpaired) electrons. The monoisotopic (exact) mass is 74.0 g/mol. The van der Waals surface area contributed by atoms with Crippen LogP contribution in [0.4, 0.5) is 0 Å². The molecule has 0 aromatic carbocycles. The van der Waals surface area contributed by atoms with Crippen LogP contribution in [0.1, 0.15) is 0 Å². The molecule has 0 aromatic rings. The molecule has 1 fully saturated rings. The second kappa shape index (κ2) is 0.951. The SMILES string of the molecule is C1CS[N]1. The van der Waals surface area contributed by atoms with E-state index in [0.29, 0.717) is 0 Å². The van der Waals surface area contributed by atoms with Gasteiger partial charge in [-0.05, 0) is 0 Å². The van der Waals surface area contributed by atoms with Crippen LogP contribution in [0.3, 0.4) is 0 Å². The fourth-order valence-corrected chi connectivity index (χ4v) is 0.274. The zero-order chi connectivity index (χ0) is 2.83. The zero-order valence-corrected chi connectivity index (χ0v) is 3.09. The zero-order valence-electron chi connectivity index (χ0n) is 2.27. The normalized spacial score (nSPS) is 24.0. The maximum atomic E-state index is 3.83. The molecule has 0 bridgehead atoms. The quantitative estimate of drug-likeness (QED) is 0.376. The first-order valence-corrected chi connectivity index (χ1v) is 2.23. The van der Waals surface area contributed by atoms with Gasteiger partial charge >= 0.3 is 0 Å². The van der Waals surface area contributed by atoms with Gasteiger partial charge in [-0.2, -0.15) is 4.72 Å². The number of rotatable bonds is 0. The molecule has 0 N–H and O–H groups in total. The topological polar surface area (TPSA) is 14.1 Å². The third-order valence-electron chi connectivity index (χ3n) is 0.365. The van der Waals surface area contributed by atoms with Crippen molar-refractivity contribution in [3.63, 3.8) is 0 Å². The van der Waals surface area contributed by atoms with Crippen molar-refractivity contribution in [2.75, 3.05) is 12.3 Å². The maximum absolute atomic E-state index is 3.83. The summed E-state index contributed by atoms with van der Waals surface area (Å²) in [5, 5.41) is 0. The number of hydrogen-bond donors (Lipinski definition) is 0. The summed E-state index contributed by atoms with van der Waals surface area (Å²) in [6.07, 6.45) is 0. The molecule has 0 aromatic heterocycles. The molecule has 1 heterocycles. The third kappa shape index (κ3) is 0.213. The Morgan fingerprint density at radius 2 is 2.00 bits per heavy atom. The molecule has 0 unspecified atom stereocenters. The van der Waals surface area contributed by atoms with Crippen molar-refractivity contribution in [1.29, 1.82) is 0 Å². The van der Waals surface area contributed by atoms with Crippen LogP contribution in [-0.2, 0) is 0 Å². The van der Waals surface area contributed by atoms with Crippen LogP contribution in [0, 0.1) is 0 Å². The van der Waals surface area contributed by atoms with Crippen molar-refractivity contribution in [2.24, 2.45) is 0 Å². The van der Waals surface area contributed by atoms with E-state index in [1.807, 2.05) is 0 Å².